The van der Waals surface area contributed by atoms with E-state index in [-0.39, 0.29) is 22.7 Å². The van der Waals surface area contributed by atoms with E-state index < -0.39 is 5.82 Å². The third kappa shape index (κ3) is 2.32. The van der Waals surface area contributed by atoms with Crippen LogP contribution in [0, 0.1) is 17.1 Å². The molecule has 0 spiro atoms. The predicted octanol–water partition coefficient (Wildman–Crippen LogP) is 2.30. The number of carbonyl (C=O) groups excluding carboxylic acids is 1. The number of ether oxygens (including phenoxy) is 1. The number of carbonyl (C=O) groups is 1. The average molecular weight is 207 g/mol. The second kappa shape index (κ2) is 4.56. The van der Waals surface area contributed by atoms with Gasteiger partial charge in [-0.25, -0.2) is 4.39 Å². The van der Waals surface area contributed by atoms with Crippen LogP contribution in [0.25, 0.3) is 0 Å². The number of halogens is 1. The van der Waals surface area contributed by atoms with Crippen LogP contribution in [-0.2, 0) is 0 Å². The van der Waals surface area contributed by atoms with Crippen LogP contribution in [-0.4, -0.2) is 12.4 Å². The Labute approximate surface area is 87.1 Å². The third-order valence-corrected chi connectivity index (χ3v) is 1.87. The summed E-state index contributed by atoms with van der Waals surface area (Å²) < 4.78 is 18.4. The van der Waals surface area contributed by atoms with Crippen LogP contribution in [0.1, 0.15) is 29.8 Å². The number of nitrogens with zero attached hydrogens (tertiary/aromatic N) is 1. The number of ketones is 1. The zero-order valence-corrected chi connectivity index (χ0v) is 8.50. The first-order valence-electron chi connectivity index (χ1n) is 4.47. The van der Waals surface area contributed by atoms with Crippen molar-refractivity contribution in [3.05, 3.63) is 29.1 Å². The monoisotopic (exact) mass is 207 g/mol. The second-order valence-corrected chi connectivity index (χ2v) is 2.93. The summed E-state index contributed by atoms with van der Waals surface area (Å²) in [5.74, 6) is -0.820. The lowest BCUT2D eigenvalue weighted by Crippen LogP contribution is -2.02. The van der Waals surface area contributed by atoms with Gasteiger partial charge in [-0.2, -0.15) is 5.26 Å². The Kier molecular flexibility index (Phi) is 3.40. The highest BCUT2D eigenvalue weighted by molar-refractivity contribution is 5.97. The molecule has 1 rings (SSSR count). The number of nitriles is 1. The summed E-state index contributed by atoms with van der Waals surface area (Å²) in [6.45, 7) is 3.41. The molecule has 0 saturated carbocycles. The number of hydrogen-bond acceptors (Lipinski definition) is 3. The molecule has 15 heavy (non-hydrogen) atoms. The van der Waals surface area contributed by atoms with E-state index in [1.54, 1.807) is 13.0 Å². The minimum Gasteiger partial charge on any atom is -0.494 e. The van der Waals surface area contributed by atoms with Crippen molar-refractivity contribution in [1.82, 2.24) is 0 Å². The molecule has 0 bridgehead atoms. The largest absolute Gasteiger partial charge is 0.494 e. The molecule has 3 nitrogen and oxygen atoms in total. The molecule has 0 unspecified atom stereocenters. The Bertz CT molecular complexity index is 435. The minimum atomic E-state index is -0.728. The van der Waals surface area contributed by atoms with Crippen molar-refractivity contribution in [2.24, 2.45) is 0 Å². The van der Waals surface area contributed by atoms with E-state index in [9.17, 15) is 9.18 Å². The van der Waals surface area contributed by atoms with Crippen molar-refractivity contribution in [2.75, 3.05) is 6.61 Å². The first kappa shape index (κ1) is 11.2. The van der Waals surface area contributed by atoms with Gasteiger partial charge in [-0.05, 0) is 19.9 Å². The zero-order valence-electron chi connectivity index (χ0n) is 8.50. The van der Waals surface area contributed by atoms with E-state index in [0.29, 0.717) is 6.61 Å². The van der Waals surface area contributed by atoms with Crippen molar-refractivity contribution in [2.45, 2.75) is 13.8 Å². The molecule has 0 aliphatic heterocycles. The molecule has 4 heteroatoms. The molecule has 0 fully saturated rings. The molecule has 0 heterocycles. The Morgan fingerprint density at radius 1 is 1.60 bits per heavy atom. The smallest absolute Gasteiger partial charge is 0.161 e. The second-order valence-electron chi connectivity index (χ2n) is 2.93. The van der Waals surface area contributed by atoms with Gasteiger partial charge in [0.25, 0.3) is 0 Å². The maximum absolute atomic E-state index is 13.3. The molecule has 78 valence electrons. The van der Waals surface area contributed by atoms with Crippen LogP contribution in [0.15, 0.2) is 12.1 Å². The van der Waals surface area contributed by atoms with Crippen molar-refractivity contribution in [3.63, 3.8) is 0 Å². The molecule has 0 saturated heterocycles. The van der Waals surface area contributed by atoms with E-state index in [1.807, 2.05) is 0 Å². The first-order chi connectivity index (χ1) is 7.10. The molecule has 1 aromatic rings. The van der Waals surface area contributed by atoms with E-state index >= 15 is 0 Å². The lowest BCUT2D eigenvalue weighted by atomic mass is 10.0. The molecule has 0 atom stereocenters. The normalized spacial score (nSPS) is 9.47. The van der Waals surface area contributed by atoms with Crippen molar-refractivity contribution < 1.29 is 13.9 Å². The molecule has 0 aliphatic carbocycles. The Morgan fingerprint density at radius 3 is 2.73 bits per heavy atom. The molecule has 1 aromatic carbocycles. The molecule has 0 aromatic heterocycles. The third-order valence-electron chi connectivity index (χ3n) is 1.87. The van der Waals surface area contributed by atoms with Crippen LogP contribution in [0.2, 0.25) is 0 Å². The maximum Gasteiger partial charge on any atom is 0.161 e. The summed E-state index contributed by atoms with van der Waals surface area (Å²) in [6, 6.07) is 4.15. The summed E-state index contributed by atoms with van der Waals surface area (Å²) in [7, 11) is 0. The van der Waals surface area contributed by atoms with Crippen LogP contribution >= 0.6 is 0 Å². The first-order valence-corrected chi connectivity index (χ1v) is 4.47. The number of hydrogen-bond donors (Lipinski definition) is 0. The van der Waals surface area contributed by atoms with Gasteiger partial charge in [-0.3, -0.25) is 4.79 Å². The molecule has 0 N–H and O–H groups in total. The fraction of sp³-hybridized carbons (Fsp3) is 0.273. The highest BCUT2D eigenvalue weighted by Crippen LogP contribution is 2.21. The van der Waals surface area contributed by atoms with Crippen LogP contribution in [0.3, 0.4) is 0 Å². The Balaban J connectivity index is 3.33. The van der Waals surface area contributed by atoms with E-state index in [0.717, 1.165) is 6.07 Å². The van der Waals surface area contributed by atoms with Crippen molar-refractivity contribution >= 4 is 5.78 Å². The van der Waals surface area contributed by atoms with Gasteiger partial charge in [-0.15, -0.1) is 0 Å². The predicted molar refractivity (Wildman–Crippen MR) is 52.3 cm³/mol. The SMILES string of the molecule is CCOc1cc(F)c(C#N)c(C(C)=O)c1. The lowest BCUT2D eigenvalue weighted by molar-refractivity contribution is 0.101. The fourth-order valence-corrected chi connectivity index (χ4v) is 1.22. The molecule has 0 amide bonds. The van der Waals surface area contributed by atoms with Crippen LogP contribution in [0.4, 0.5) is 4.39 Å². The maximum atomic E-state index is 13.3. The number of benzene rings is 1. The van der Waals surface area contributed by atoms with Gasteiger partial charge in [0.05, 0.1) is 12.2 Å². The van der Waals surface area contributed by atoms with Gasteiger partial charge in [0, 0.05) is 11.6 Å². The molecule has 0 aliphatic rings. The molecular formula is C11H10FNO2. The van der Waals surface area contributed by atoms with Gasteiger partial charge >= 0.3 is 0 Å². The van der Waals surface area contributed by atoms with Gasteiger partial charge in [-0.1, -0.05) is 0 Å². The Morgan fingerprint density at radius 2 is 2.27 bits per heavy atom. The highest BCUT2D eigenvalue weighted by Gasteiger charge is 2.14. The van der Waals surface area contributed by atoms with E-state index in [4.69, 9.17) is 10.00 Å². The van der Waals surface area contributed by atoms with Crippen molar-refractivity contribution in [3.8, 4) is 11.8 Å². The standard InChI is InChI=1S/C11H10FNO2/c1-3-15-8-4-9(7(2)14)10(6-13)11(12)5-8/h4-5H,3H2,1-2H3. The molecule has 0 radical (unpaired) electrons. The van der Waals surface area contributed by atoms with E-state index in [2.05, 4.69) is 0 Å². The quantitative estimate of drug-likeness (QED) is 0.714. The molecular weight excluding hydrogens is 197 g/mol. The van der Waals surface area contributed by atoms with Crippen LogP contribution in [0.5, 0.6) is 5.75 Å². The van der Waals surface area contributed by atoms with Crippen LogP contribution < -0.4 is 4.74 Å². The van der Waals surface area contributed by atoms with Gasteiger partial charge in [0.1, 0.15) is 17.6 Å². The lowest BCUT2D eigenvalue weighted by Gasteiger charge is -2.06. The van der Waals surface area contributed by atoms with E-state index in [1.165, 1.54) is 13.0 Å². The summed E-state index contributed by atoms with van der Waals surface area (Å²) in [6.07, 6.45) is 0. The summed E-state index contributed by atoms with van der Waals surface area (Å²) >= 11 is 0. The topological polar surface area (TPSA) is 50.1 Å². The van der Waals surface area contributed by atoms with Gasteiger partial charge in [0.2, 0.25) is 0 Å². The van der Waals surface area contributed by atoms with Gasteiger partial charge in [0.15, 0.2) is 5.78 Å². The summed E-state index contributed by atoms with van der Waals surface area (Å²) in [5, 5.41) is 8.69. The fourth-order valence-electron chi connectivity index (χ4n) is 1.22. The van der Waals surface area contributed by atoms with Crippen molar-refractivity contribution in [1.29, 1.82) is 5.26 Å². The Hall–Kier alpha value is -1.89. The summed E-state index contributed by atoms with van der Waals surface area (Å²) in [4.78, 5) is 11.2. The highest BCUT2D eigenvalue weighted by atomic mass is 19.1. The number of Topliss-reactive ketones (excluding diaryl/α,β-unsaturated/α-hetero) is 1. The average Bonchev–Trinajstić information content (AvgIpc) is 2.17. The summed E-state index contributed by atoms with van der Waals surface area (Å²) in [5.41, 5.74) is -0.174. The zero-order chi connectivity index (χ0) is 11.4. The minimum absolute atomic E-state index is 0.0564. The number of rotatable bonds is 3. The van der Waals surface area contributed by atoms with Gasteiger partial charge < -0.3 is 4.74 Å².